The van der Waals surface area contributed by atoms with Gasteiger partial charge in [-0.2, -0.15) is 0 Å². The first-order chi connectivity index (χ1) is 7.98. The zero-order chi connectivity index (χ0) is 12.5. The van der Waals surface area contributed by atoms with Crippen molar-refractivity contribution in [3.63, 3.8) is 0 Å². The van der Waals surface area contributed by atoms with Gasteiger partial charge in [0.15, 0.2) is 0 Å². The third kappa shape index (κ3) is 3.21. The number of ketones is 1. The van der Waals surface area contributed by atoms with Crippen LogP contribution in [0.2, 0.25) is 10.0 Å². The van der Waals surface area contributed by atoms with Crippen molar-refractivity contribution >= 4 is 29.0 Å². The maximum Gasteiger partial charge on any atom is 0.139 e. The van der Waals surface area contributed by atoms with Gasteiger partial charge in [0.2, 0.25) is 0 Å². The summed E-state index contributed by atoms with van der Waals surface area (Å²) in [4.78, 5) is 11.9. The zero-order valence-corrected chi connectivity index (χ0v) is 11.0. The van der Waals surface area contributed by atoms with E-state index in [-0.39, 0.29) is 11.3 Å². The molecule has 1 fully saturated rings. The van der Waals surface area contributed by atoms with Gasteiger partial charge in [-0.25, -0.2) is 0 Å². The van der Waals surface area contributed by atoms with E-state index >= 15 is 0 Å². The third-order valence-electron chi connectivity index (χ3n) is 3.30. The molecular formula is C13H15Cl2NO. The fraction of sp³-hybridized carbons (Fsp3) is 0.462. The Morgan fingerprint density at radius 2 is 2.06 bits per heavy atom. The van der Waals surface area contributed by atoms with Crippen LogP contribution in [0.4, 0.5) is 0 Å². The molecule has 0 saturated heterocycles. The Labute approximate surface area is 111 Å². The largest absolute Gasteiger partial charge is 0.325 e. The number of nitrogens with two attached hydrogens (primary N) is 1. The molecule has 92 valence electrons. The molecule has 2 rings (SSSR count). The minimum atomic E-state index is -0.254. The first-order valence-corrected chi connectivity index (χ1v) is 6.49. The molecule has 0 amide bonds. The molecular weight excluding hydrogens is 257 g/mol. The molecule has 0 atom stereocenters. The molecule has 0 bridgehead atoms. The number of halogens is 2. The number of rotatable bonds is 4. The van der Waals surface area contributed by atoms with Crippen LogP contribution >= 0.6 is 23.2 Å². The second-order valence-corrected chi connectivity index (χ2v) is 5.69. The number of Topliss-reactive ketones (excluding diaryl/α,β-unsaturated/α-hetero) is 1. The van der Waals surface area contributed by atoms with E-state index in [0.29, 0.717) is 22.9 Å². The van der Waals surface area contributed by atoms with E-state index in [1.807, 2.05) is 0 Å². The van der Waals surface area contributed by atoms with Crippen LogP contribution in [0.15, 0.2) is 18.2 Å². The Morgan fingerprint density at radius 3 is 2.59 bits per heavy atom. The summed E-state index contributed by atoms with van der Waals surface area (Å²) in [6, 6.07) is 5.21. The van der Waals surface area contributed by atoms with Crippen molar-refractivity contribution in [1.29, 1.82) is 0 Å². The average Bonchev–Trinajstić information content (AvgIpc) is 2.20. The van der Waals surface area contributed by atoms with Crippen molar-refractivity contribution in [2.45, 2.75) is 37.6 Å². The highest BCUT2D eigenvalue weighted by Crippen LogP contribution is 2.33. The van der Waals surface area contributed by atoms with Crippen molar-refractivity contribution in [3.05, 3.63) is 33.8 Å². The van der Waals surface area contributed by atoms with Gasteiger partial charge in [0.25, 0.3) is 0 Å². The molecule has 0 spiro atoms. The summed E-state index contributed by atoms with van der Waals surface area (Å²) >= 11 is 11.8. The van der Waals surface area contributed by atoms with Crippen LogP contribution < -0.4 is 5.73 Å². The topological polar surface area (TPSA) is 43.1 Å². The molecule has 17 heavy (non-hydrogen) atoms. The number of carbonyl (C=O) groups excluding carboxylic acids is 1. The molecule has 1 aliphatic rings. The SMILES string of the molecule is NC1(CC(=O)Cc2ccc(Cl)cc2Cl)CCC1. The van der Waals surface area contributed by atoms with Gasteiger partial charge in [-0.15, -0.1) is 0 Å². The summed E-state index contributed by atoms with van der Waals surface area (Å²) in [6.07, 6.45) is 3.83. The van der Waals surface area contributed by atoms with Crippen molar-refractivity contribution in [3.8, 4) is 0 Å². The minimum Gasteiger partial charge on any atom is -0.325 e. The summed E-state index contributed by atoms with van der Waals surface area (Å²) < 4.78 is 0. The van der Waals surface area contributed by atoms with Gasteiger partial charge in [0.1, 0.15) is 5.78 Å². The highest BCUT2D eigenvalue weighted by Gasteiger charge is 2.34. The first kappa shape index (κ1) is 12.9. The van der Waals surface area contributed by atoms with Gasteiger partial charge >= 0.3 is 0 Å². The molecule has 4 heteroatoms. The van der Waals surface area contributed by atoms with Crippen molar-refractivity contribution in [2.75, 3.05) is 0 Å². The summed E-state index contributed by atoms with van der Waals surface area (Å²) in [6.45, 7) is 0. The van der Waals surface area contributed by atoms with Crippen LogP contribution in [-0.4, -0.2) is 11.3 Å². The van der Waals surface area contributed by atoms with Crippen LogP contribution in [0.1, 0.15) is 31.2 Å². The lowest BCUT2D eigenvalue weighted by molar-refractivity contribution is -0.120. The summed E-state index contributed by atoms with van der Waals surface area (Å²) in [5.74, 6) is 0.149. The second kappa shape index (κ2) is 4.97. The minimum absolute atomic E-state index is 0.149. The molecule has 0 unspecified atom stereocenters. The van der Waals surface area contributed by atoms with Crippen LogP contribution in [0.3, 0.4) is 0 Å². The van der Waals surface area contributed by atoms with Crippen LogP contribution in [0.5, 0.6) is 0 Å². The normalized spacial score (nSPS) is 17.6. The smallest absolute Gasteiger partial charge is 0.139 e. The van der Waals surface area contributed by atoms with E-state index < -0.39 is 0 Å². The molecule has 1 aromatic rings. The number of hydrogen-bond acceptors (Lipinski definition) is 2. The third-order valence-corrected chi connectivity index (χ3v) is 3.89. The van der Waals surface area contributed by atoms with E-state index in [9.17, 15) is 4.79 Å². The number of benzene rings is 1. The average molecular weight is 272 g/mol. The highest BCUT2D eigenvalue weighted by molar-refractivity contribution is 6.35. The van der Waals surface area contributed by atoms with Gasteiger partial charge in [0, 0.05) is 28.4 Å². The predicted molar refractivity (Wildman–Crippen MR) is 70.6 cm³/mol. The quantitative estimate of drug-likeness (QED) is 0.913. The van der Waals surface area contributed by atoms with E-state index in [0.717, 1.165) is 24.8 Å². The molecule has 2 N–H and O–H groups in total. The highest BCUT2D eigenvalue weighted by atomic mass is 35.5. The predicted octanol–water partition coefficient (Wildman–Crippen LogP) is 3.38. The van der Waals surface area contributed by atoms with Gasteiger partial charge in [-0.05, 0) is 37.0 Å². The Morgan fingerprint density at radius 1 is 1.35 bits per heavy atom. The molecule has 0 aromatic heterocycles. The van der Waals surface area contributed by atoms with E-state index in [1.165, 1.54) is 0 Å². The summed E-state index contributed by atoms with van der Waals surface area (Å²) in [7, 11) is 0. The molecule has 0 radical (unpaired) electrons. The van der Waals surface area contributed by atoms with Crippen LogP contribution in [-0.2, 0) is 11.2 Å². The Kier molecular flexibility index (Phi) is 3.76. The van der Waals surface area contributed by atoms with Crippen molar-refractivity contribution < 1.29 is 4.79 Å². The van der Waals surface area contributed by atoms with Gasteiger partial charge in [0.05, 0.1) is 0 Å². The van der Waals surface area contributed by atoms with Gasteiger partial charge < -0.3 is 5.73 Å². The molecule has 2 nitrogen and oxygen atoms in total. The molecule has 1 aromatic carbocycles. The van der Waals surface area contributed by atoms with E-state index in [2.05, 4.69) is 0 Å². The van der Waals surface area contributed by atoms with Crippen LogP contribution in [0.25, 0.3) is 0 Å². The Bertz CT molecular complexity index is 441. The van der Waals surface area contributed by atoms with Crippen LogP contribution in [0, 0.1) is 0 Å². The van der Waals surface area contributed by atoms with Crippen molar-refractivity contribution in [1.82, 2.24) is 0 Å². The summed E-state index contributed by atoms with van der Waals surface area (Å²) in [5.41, 5.74) is 6.61. The lowest BCUT2D eigenvalue weighted by Crippen LogP contribution is -2.48. The number of carbonyl (C=O) groups is 1. The molecule has 1 saturated carbocycles. The fourth-order valence-corrected chi connectivity index (χ4v) is 2.62. The second-order valence-electron chi connectivity index (χ2n) is 4.84. The maximum atomic E-state index is 11.9. The fourth-order valence-electron chi connectivity index (χ4n) is 2.14. The monoisotopic (exact) mass is 271 g/mol. The molecule has 0 heterocycles. The lowest BCUT2D eigenvalue weighted by Gasteiger charge is -2.37. The summed E-state index contributed by atoms with van der Waals surface area (Å²) in [5, 5.41) is 1.13. The van der Waals surface area contributed by atoms with Crippen molar-refractivity contribution in [2.24, 2.45) is 5.73 Å². The molecule has 1 aliphatic carbocycles. The van der Waals surface area contributed by atoms with E-state index in [4.69, 9.17) is 28.9 Å². The Balaban J connectivity index is 1.98. The van der Waals surface area contributed by atoms with E-state index in [1.54, 1.807) is 18.2 Å². The van der Waals surface area contributed by atoms with Gasteiger partial charge in [-0.3, -0.25) is 4.79 Å². The Hall–Kier alpha value is -0.570. The molecule has 0 aliphatic heterocycles. The number of hydrogen-bond donors (Lipinski definition) is 1. The zero-order valence-electron chi connectivity index (χ0n) is 9.51. The lowest BCUT2D eigenvalue weighted by atomic mass is 9.74. The van der Waals surface area contributed by atoms with Gasteiger partial charge in [-0.1, -0.05) is 29.3 Å². The standard InChI is InChI=1S/C13H15Cl2NO/c14-10-3-2-9(12(15)7-10)6-11(17)8-13(16)4-1-5-13/h2-3,7H,1,4-6,8,16H2. The first-order valence-electron chi connectivity index (χ1n) is 5.73. The maximum absolute atomic E-state index is 11.9.